The molecule has 1 saturated heterocycles. The van der Waals surface area contributed by atoms with Crippen LogP contribution in [0, 0.1) is 5.41 Å². The SMILES string of the molecule is CC1(CNC2CCCOCC2)CCCCC1. The zero-order valence-corrected chi connectivity index (χ0v) is 10.8. The second-order valence-corrected chi connectivity index (χ2v) is 5.99. The Labute approximate surface area is 100 Å². The molecular weight excluding hydrogens is 198 g/mol. The van der Waals surface area contributed by atoms with E-state index in [-0.39, 0.29) is 0 Å². The highest BCUT2D eigenvalue weighted by Gasteiger charge is 2.27. The molecule has 2 fully saturated rings. The molecular formula is C14H27NO. The highest BCUT2D eigenvalue weighted by Crippen LogP contribution is 2.35. The summed E-state index contributed by atoms with van der Waals surface area (Å²) < 4.78 is 5.50. The molecule has 1 atom stereocenters. The zero-order chi connectivity index (χ0) is 11.3. The van der Waals surface area contributed by atoms with Crippen LogP contribution in [0.1, 0.15) is 58.3 Å². The molecule has 0 aromatic heterocycles. The number of hydrogen-bond acceptors (Lipinski definition) is 2. The topological polar surface area (TPSA) is 21.3 Å². The van der Waals surface area contributed by atoms with Gasteiger partial charge in [0.1, 0.15) is 0 Å². The molecule has 2 rings (SSSR count). The lowest BCUT2D eigenvalue weighted by Crippen LogP contribution is -2.39. The third kappa shape index (κ3) is 3.74. The third-order valence-electron chi connectivity index (χ3n) is 4.33. The molecule has 1 N–H and O–H groups in total. The number of nitrogens with one attached hydrogen (secondary N) is 1. The van der Waals surface area contributed by atoms with Crippen molar-refractivity contribution in [3.05, 3.63) is 0 Å². The summed E-state index contributed by atoms with van der Waals surface area (Å²) in [6, 6.07) is 0.709. The predicted octanol–water partition coefficient (Wildman–Crippen LogP) is 3.12. The van der Waals surface area contributed by atoms with E-state index >= 15 is 0 Å². The van der Waals surface area contributed by atoms with E-state index in [1.54, 1.807) is 0 Å². The van der Waals surface area contributed by atoms with Crippen LogP contribution in [-0.2, 0) is 4.74 Å². The Kier molecular flexibility index (Phi) is 4.66. The standard InChI is InChI=1S/C14H27NO/c1-14(8-3-2-4-9-14)12-15-13-6-5-10-16-11-7-13/h13,15H,2-12H2,1H3. The summed E-state index contributed by atoms with van der Waals surface area (Å²) in [6.07, 6.45) is 10.9. The molecule has 2 nitrogen and oxygen atoms in total. The largest absolute Gasteiger partial charge is 0.381 e. The van der Waals surface area contributed by atoms with Gasteiger partial charge < -0.3 is 10.1 Å². The first-order chi connectivity index (χ1) is 7.79. The molecule has 0 spiro atoms. The molecule has 94 valence electrons. The van der Waals surface area contributed by atoms with Crippen LogP contribution in [0.5, 0.6) is 0 Å². The number of hydrogen-bond donors (Lipinski definition) is 1. The van der Waals surface area contributed by atoms with Crippen molar-refractivity contribution in [1.82, 2.24) is 5.32 Å². The lowest BCUT2D eigenvalue weighted by molar-refractivity contribution is 0.141. The third-order valence-corrected chi connectivity index (χ3v) is 4.33. The second kappa shape index (κ2) is 6.02. The van der Waals surface area contributed by atoms with Gasteiger partial charge in [-0.15, -0.1) is 0 Å². The maximum absolute atomic E-state index is 5.50. The van der Waals surface area contributed by atoms with Crippen molar-refractivity contribution < 1.29 is 4.74 Å². The van der Waals surface area contributed by atoms with Crippen molar-refractivity contribution in [3.8, 4) is 0 Å². The van der Waals surface area contributed by atoms with Gasteiger partial charge in [-0.05, 0) is 37.5 Å². The quantitative estimate of drug-likeness (QED) is 0.797. The highest BCUT2D eigenvalue weighted by atomic mass is 16.5. The Morgan fingerprint density at radius 1 is 1.06 bits per heavy atom. The second-order valence-electron chi connectivity index (χ2n) is 5.99. The van der Waals surface area contributed by atoms with Gasteiger partial charge in [0.2, 0.25) is 0 Å². The monoisotopic (exact) mass is 225 g/mol. The van der Waals surface area contributed by atoms with Crippen molar-refractivity contribution in [3.63, 3.8) is 0 Å². The van der Waals surface area contributed by atoms with Crippen molar-refractivity contribution in [2.24, 2.45) is 5.41 Å². The molecule has 0 radical (unpaired) electrons. The van der Waals surface area contributed by atoms with Crippen LogP contribution in [0.3, 0.4) is 0 Å². The van der Waals surface area contributed by atoms with E-state index in [2.05, 4.69) is 12.2 Å². The zero-order valence-electron chi connectivity index (χ0n) is 10.8. The normalized spacial score (nSPS) is 30.9. The summed E-state index contributed by atoms with van der Waals surface area (Å²) in [6.45, 7) is 5.61. The molecule has 0 bridgehead atoms. The minimum atomic E-state index is 0.575. The van der Waals surface area contributed by atoms with Crippen molar-refractivity contribution in [1.29, 1.82) is 0 Å². The van der Waals surface area contributed by atoms with Gasteiger partial charge in [-0.1, -0.05) is 26.2 Å². The molecule has 2 aliphatic rings. The Bertz CT molecular complexity index is 191. The molecule has 2 heteroatoms. The molecule has 0 amide bonds. The summed E-state index contributed by atoms with van der Waals surface area (Å²) >= 11 is 0. The van der Waals surface area contributed by atoms with E-state index in [9.17, 15) is 0 Å². The fourth-order valence-corrected chi connectivity index (χ4v) is 3.08. The Morgan fingerprint density at radius 3 is 2.69 bits per heavy atom. The summed E-state index contributed by atoms with van der Waals surface area (Å²) in [4.78, 5) is 0. The predicted molar refractivity (Wildman–Crippen MR) is 67.7 cm³/mol. The van der Waals surface area contributed by atoms with Gasteiger partial charge in [-0.2, -0.15) is 0 Å². The van der Waals surface area contributed by atoms with Gasteiger partial charge in [-0.3, -0.25) is 0 Å². The van der Waals surface area contributed by atoms with Gasteiger partial charge in [-0.25, -0.2) is 0 Å². The average molecular weight is 225 g/mol. The van der Waals surface area contributed by atoms with Crippen LogP contribution in [0.15, 0.2) is 0 Å². The first-order valence-electron chi connectivity index (χ1n) is 7.10. The molecule has 1 aliphatic heterocycles. The van der Waals surface area contributed by atoms with E-state index in [0.29, 0.717) is 11.5 Å². The van der Waals surface area contributed by atoms with Gasteiger partial charge in [0, 0.05) is 25.8 Å². The summed E-state index contributed by atoms with van der Waals surface area (Å²) in [5.74, 6) is 0. The Morgan fingerprint density at radius 2 is 1.88 bits per heavy atom. The van der Waals surface area contributed by atoms with Crippen molar-refractivity contribution >= 4 is 0 Å². The summed E-state index contributed by atoms with van der Waals surface area (Å²) in [5, 5.41) is 3.79. The van der Waals surface area contributed by atoms with Crippen LogP contribution < -0.4 is 5.32 Å². The smallest absolute Gasteiger partial charge is 0.0480 e. The molecule has 1 aliphatic carbocycles. The first-order valence-corrected chi connectivity index (χ1v) is 7.10. The molecule has 1 heterocycles. The van der Waals surface area contributed by atoms with E-state index in [0.717, 1.165) is 13.2 Å². The summed E-state index contributed by atoms with van der Waals surface area (Å²) in [7, 11) is 0. The Hall–Kier alpha value is -0.0800. The van der Waals surface area contributed by atoms with Crippen molar-refractivity contribution in [2.45, 2.75) is 64.3 Å². The first kappa shape index (κ1) is 12.4. The Balaban J connectivity index is 1.72. The van der Waals surface area contributed by atoms with Gasteiger partial charge >= 0.3 is 0 Å². The van der Waals surface area contributed by atoms with E-state index < -0.39 is 0 Å². The maximum Gasteiger partial charge on any atom is 0.0480 e. The van der Waals surface area contributed by atoms with Gasteiger partial charge in [0.25, 0.3) is 0 Å². The lowest BCUT2D eigenvalue weighted by atomic mass is 9.75. The van der Waals surface area contributed by atoms with Crippen LogP contribution >= 0.6 is 0 Å². The van der Waals surface area contributed by atoms with E-state index in [4.69, 9.17) is 4.74 Å². The molecule has 0 aromatic carbocycles. The average Bonchev–Trinajstić information content (AvgIpc) is 2.56. The highest BCUT2D eigenvalue weighted by molar-refractivity contribution is 4.82. The van der Waals surface area contributed by atoms with Gasteiger partial charge in [0.05, 0.1) is 0 Å². The lowest BCUT2D eigenvalue weighted by Gasteiger charge is -2.35. The molecule has 1 unspecified atom stereocenters. The molecule has 1 saturated carbocycles. The van der Waals surface area contributed by atoms with Crippen LogP contribution in [0.25, 0.3) is 0 Å². The number of ether oxygens (including phenoxy) is 1. The minimum Gasteiger partial charge on any atom is -0.381 e. The van der Waals surface area contributed by atoms with E-state index in [1.807, 2.05) is 0 Å². The number of rotatable bonds is 3. The van der Waals surface area contributed by atoms with Crippen LogP contribution in [-0.4, -0.2) is 25.8 Å². The molecule has 16 heavy (non-hydrogen) atoms. The summed E-state index contributed by atoms with van der Waals surface area (Å²) in [5.41, 5.74) is 0.575. The fourth-order valence-electron chi connectivity index (χ4n) is 3.08. The fraction of sp³-hybridized carbons (Fsp3) is 1.00. The van der Waals surface area contributed by atoms with Gasteiger partial charge in [0.15, 0.2) is 0 Å². The van der Waals surface area contributed by atoms with Crippen molar-refractivity contribution in [2.75, 3.05) is 19.8 Å². The van der Waals surface area contributed by atoms with Crippen LogP contribution in [0.2, 0.25) is 0 Å². The molecule has 0 aromatic rings. The minimum absolute atomic E-state index is 0.575. The van der Waals surface area contributed by atoms with Crippen LogP contribution in [0.4, 0.5) is 0 Å². The maximum atomic E-state index is 5.50. The van der Waals surface area contributed by atoms with E-state index in [1.165, 1.54) is 57.9 Å².